The summed E-state index contributed by atoms with van der Waals surface area (Å²) in [6, 6.07) is 3.78. The third kappa shape index (κ3) is 3.26. The normalized spacial score (nSPS) is 17.6. The van der Waals surface area contributed by atoms with Gasteiger partial charge >= 0.3 is 0 Å². The molecule has 17 heavy (non-hydrogen) atoms. The maximum atomic E-state index is 9.26. The van der Waals surface area contributed by atoms with E-state index in [1.165, 1.54) is 0 Å². The quantitative estimate of drug-likeness (QED) is 0.765. The molecule has 0 radical (unpaired) electrons. The Bertz CT molecular complexity index is 400. The van der Waals surface area contributed by atoms with E-state index >= 15 is 0 Å². The fourth-order valence-corrected chi connectivity index (χ4v) is 1.61. The summed E-state index contributed by atoms with van der Waals surface area (Å²) < 4.78 is 10.8. The Labute approximate surface area is 99.9 Å². The molecule has 1 aliphatic heterocycles. The highest BCUT2D eigenvalue weighted by atomic mass is 16.7. The highest BCUT2D eigenvalue weighted by Crippen LogP contribution is 2.23. The van der Waals surface area contributed by atoms with Gasteiger partial charge < -0.3 is 20.3 Å². The number of hydrogen-bond acceptors (Lipinski definition) is 5. The summed E-state index contributed by atoms with van der Waals surface area (Å²) in [6.07, 6.45) is 3.62. The molecule has 0 atom stereocenters. The lowest BCUT2D eigenvalue weighted by Crippen LogP contribution is -2.03. The number of allylic oxidation sites excluding steroid dienone is 1. The first-order chi connectivity index (χ1) is 8.29. The number of hydrogen-bond donors (Lipinski definition) is 2. The monoisotopic (exact) mass is 236 g/mol. The van der Waals surface area contributed by atoms with Gasteiger partial charge in [-0.2, -0.15) is 0 Å². The second-order valence-corrected chi connectivity index (χ2v) is 3.76. The van der Waals surface area contributed by atoms with E-state index in [0.29, 0.717) is 19.6 Å². The molecule has 0 spiro atoms. The molecule has 2 heterocycles. The molecule has 5 nitrogen and oxygen atoms in total. The highest BCUT2D eigenvalue weighted by molar-refractivity contribution is 5.20. The van der Waals surface area contributed by atoms with Gasteiger partial charge in [-0.15, -0.1) is 0 Å². The molecule has 0 bridgehead atoms. The summed E-state index contributed by atoms with van der Waals surface area (Å²) in [5, 5.41) is 9.26. The first-order valence-corrected chi connectivity index (χ1v) is 5.55. The van der Waals surface area contributed by atoms with Gasteiger partial charge in [0, 0.05) is 23.9 Å². The van der Waals surface area contributed by atoms with Gasteiger partial charge in [0.25, 0.3) is 0 Å². The van der Waals surface area contributed by atoms with Crippen LogP contribution in [0, 0.1) is 0 Å². The first kappa shape index (κ1) is 12.0. The zero-order valence-electron chi connectivity index (χ0n) is 9.50. The minimum Gasteiger partial charge on any atom is -0.511 e. The van der Waals surface area contributed by atoms with Gasteiger partial charge in [-0.1, -0.05) is 0 Å². The van der Waals surface area contributed by atoms with Gasteiger partial charge in [0.1, 0.15) is 5.76 Å². The van der Waals surface area contributed by atoms with E-state index in [4.69, 9.17) is 15.2 Å². The summed E-state index contributed by atoms with van der Waals surface area (Å²) in [5.41, 5.74) is 7.09. The van der Waals surface area contributed by atoms with Gasteiger partial charge in [0.2, 0.25) is 0 Å². The van der Waals surface area contributed by atoms with Crippen LogP contribution in [0.15, 0.2) is 30.2 Å². The number of aliphatic hydroxyl groups is 1. The molecule has 0 aliphatic carbocycles. The van der Waals surface area contributed by atoms with Crippen molar-refractivity contribution in [1.82, 2.24) is 4.98 Å². The fourth-order valence-electron chi connectivity index (χ4n) is 1.61. The predicted octanol–water partition coefficient (Wildman–Crippen LogP) is 1.07. The zero-order chi connectivity index (χ0) is 12.1. The molecule has 0 saturated carbocycles. The third-order valence-electron chi connectivity index (χ3n) is 2.49. The van der Waals surface area contributed by atoms with Crippen molar-refractivity contribution in [2.45, 2.75) is 12.7 Å². The maximum Gasteiger partial charge on any atom is 0.184 e. The minimum absolute atomic E-state index is 0.147. The van der Waals surface area contributed by atoms with Crippen LogP contribution in [0.2, 0.25) is 0 Å². The smallest absolute Gasteiger partial charge is 0.184 e. The molecule has 1 aromatic heterocycles. The average molecular weight is 236 g/mol. The van der Waals surface area contributed by atoms with Crippen LogP contribution in [0.3, 0.4) is 0 Å². The lowest BCUT2D eigenvalue weighted by atomic mass is 10.2. The lowest BCUT2D eigenvalue weighted by Gasteiger charge is -2.09. The van der Waals surface area contributed by atoms with Crippen molar-refractivity contribution in [2.24, 2.45) is 5.73 Å². The number of pyridine rings is 1. The number of aromatic nitrogens is 1. The van der Waals surface area contributed by atoms with Gasteiger partial charge in [-0.25, -0.2) is 0 Å². The zero-order valence-corrected chi connectivity index (χ0v) is 9.50. The molecule has 0 aromatic carbocycles. The van der Waals surface area contributed by atoms with Crippen LogP contribution in [0.1, 0.15) is 17.5 Å². The molecule has 0 unspecified atom stereocenters. The van der Waals surface area contributed by atoms with Gasteiger partial charge in [0.15, 0.2) is 6.29 Å². The first-order valence-electron chi connectivity index (χ1n) is 5.55. The van der Waals surface area contributed by atoms with E-state index < -0.39 is 0 Å². The van der Waals surface area contributed by atoms with Crippen LogP contribution >= 0.6 is 0 Å². The minimum atomic E-state index is -0.288. The third-order valence-corrected chi connectivity index (χ3v) is 2.49. The van der Waals surface area contributed by atoms with E-state index in [-0.39, 0.29) is 18.6 Å². The van der Waals surface area contributed by atoms with Crippen molar-refractivity contribution < 1.29 is 14.6 Å². The van der Waals surface area contributed by atoms with E-state index in [1.54, 1.807) is 12.3 Å². The van der Waals surface area contributed by atoms with Crippen molar-refractivity contribution in [3.05, 3.63) is 41.4 Å². The molecular weight excluding hydrogens is 220 g/mol. The molecule has 1 fully saturated rings. The van der Waals surface area contributed by atoms with Crippen molar-refractivity contribution >= 4 is 0 Å². The van der Waals surface area contributed by atoms with Crippen molar-refractivity contribution in [2.75, 3.05) is 19.8 Å². The van der Waals surface area contributed by atoms with Gasteiger partial charge in [0.05, 0.1) is 19.8 Å². The Balaban J connectivity index is 2.06. The fraction of sp³-hybridized carbons (Fsp3) is 0.417. The second-order valence-electron chi connectivity index (χ2n) is 3.76. The van der Waals surface area contributed by atoms with Crippen LogP contribution in [-0.4, -0.2) is 29.8 Å². The Morgan fingerprint density at radius 1 is 1.53 bits per heavy atom. The Hall–Kier alpha value is -1.43. The SMILES string of the molecule is NC/C(O)=C\Cc1cc(C2OCCO2)ccn1. The number of ether oxygens (including phenoxy) is 2. The molecule has 0 amide bonds. The summed E-state index contributed by atoms with van der Waals surface area (Å²) in [6.45, 7) is 1.39. The molecule has 3 N–H and O–H groups in total. The molecule has 1 aromatic rings. The molecule has 1 saturated heterocycles. The van der Waals surface area contributed by atoms with E-state index in [9.17, 15) is 5.11 Å². The van der Waals surface area contributed by atoms with Crippen LogP contribution in [0.4, 0.5) is 0 Å². The van der Waals surface area contributed by atoms with E-state index in [0.717, 1.165) is 11.3 Å². The second kappa shape index (κ2) is 5.77. The average Bonchev–Trinajstić information content (AvgIpc) is 2.90. The largest absolute Gasteiger partial charge is 0.511 e. The summed E-state index contributed by atoms with van der Waals surface area (Å²) in [7, 11) is 0. The van der Waals surface area contributed by atoms with Crippen molar-refractivity contribution in [3.63, 3.8) is 0 Å². The maximum absolute atomic E-state index is 9.26. The number of rotatable bonds is 4. The van der Waals surface area contributed by atoms with E-state index in [1.807, 2.05) is 12.1 Å². The van der Waals surface area contributed by atoms with Gasteiger partial charge in [-0.3, -0.25) is 4.98 Å². The standard InChI is InChI=1S/C12H16N2O3/c13-8-11(15)2-1-10-7-9(3-4-14-10)12-16-5-6-17-12/h2-4,7,12,15H,1,5-6,8,13H2/b11-2+. The van der Waals surface area contributed by atoms with Crippen LogP contribution in [-0.2, 0) is 15.9 Å². The number of nitrogens with zero attached hydrogens (tertiary/aromatic N) is 1. The van der Waals surface area contributed by atoms with Crippen LogP contribution in [0.5, 0.6) is 0 Å². The molecule has 92 valence electrons. The van der Waals surface area contributed by atoms with Crippen LogP contribution in [0.25, 0.3) is 0 Å². The predicted molar refractivity (Wildman–Crippen MR) is 62.4 cm³/mol. The molecule has 5 heteroatoms. The van der Waals surface area contributed by atoms with Crippen molar-refractivity contribution in [3.8, 4) is 0 Å². The Morgan fingerprint density at radius 3 is 3.00 bits per heavy atom. The lowest BCUT2D eigenvalue weighted by molar-refractivity contribution is -0.0442. The number of aliphatic hydroxyl groups excluding tert-OH is 1. The molecule has 1 aliphatic rings. The highest BCUT2D eigenvalue weighted by Gasteiger charge is 2.18. The number of nitrogens with two attached hydrogens (primary N) is 1. The van der Waals surface area contributed by atoms with E-state index in [2.05, 4.69) is 4.98 Å². The van der Waals surface area contributed by atoms with Crippen molar-refractivity contribution in [1.29, 1.82) is 0 Å². The Kier molecular flexibility index (Phi) is 4.08. The summed E-state index contributed by atoms with van der Waals surface area (Å²) >= 11 is 0. The topological polar surface area (TPSA) is 77.6 Å². The Morgan fingerprint density at radius 2 is 2.29 bits per heavy atom. The molecule has 2 rings (SSSR count). The van der Waals surface area contributed by atoms with Crippen LogP contribution < -0.4 is 5.73 Å². The summed E-state index contributed by atoms with van der Waals surface area (Å²) in [5.74, 6) is 0.172. The molecular formula is C12H16N2O3. The summed E-state index contributed by atoms with van der Waals surface area (Å²) in [4.78, 5) is 4.21. The van der Waals surface area contributed by atoms with Gasteiger partial charge in [-0.05, 0) is 18.2 Å².